The maximum atomic E-state index is 7.76. The summed E-state index contributed by atoms with van der Waals surface area (Å²) < 4.78 is 22.3. The van der Waals surface area contributed by atoms with E-state index in [-0.39, 0.29) is 28.6 Å². The number of hydrogen-bond acceptors (Lipinski definition) is 6. The summed E-state index contributed by atoms with van der Waals surface area (Å²) in [7, 11) is 0. The lowest BCUT2D eigenvalue weighted by molar-refractivity contribution is -0.0572. The lowest BCUT2D eigenvalue weighted by atomic mass is 9.35. The Hall–Kier alpha value is -6.08. The predicted octanol–water partition coefficient (Wildman–Crippen LogP) is 13.5. The van der Waals surface area contributed by atoms with Crippen LogP contribution in [-0.4, -0.2) is 12.3 Å². The second-order valence-corrected chi connectivity index (χ2v) is 22.4. The van der Waals surface area contributed by atoms with Crippen LogP contribution in [0.2, 0.25) is 0 Å². The molecule has 2 bridgehead atoms. The van der Waals surface area contributed by atoms with Gasteiger partial charge in [-0.15, -0.1) is 0 Å². The van der Waals surface area contributed by atoms with Gasteiger partial charge >= 0.3 is 0 Å². The minimum Gasteiger partial charge on any atom is -0.498 e. The highest BCUT2D eigenvalue weighted by atomic mass is 16.5. The first-order chi connectivity index (χ1) is 31.2. The summed E-state index contributed by atoms with van der Waals surface area (Å²) in [5.74, 6) is 2.59. The number of hydrogen-bond donors (Lipinski definition) is 0. The Bertz CT molecular complexity index is 3170. The van der Waals surface area contributed by atoms with Crippen molar-refractivity contribution >= 4 is 57.5 Å². The minimum absolute atomic E-state index is 0.0509. The molecular weight excluding hydrogens is 797 g/mol. The van der Waals surface area contributed by atoms with Crippen LogP contribution in [0, 0.1) is 5.41 Å². The van der Waals surface area contributed by atoms with Gasteiger partial charge in [-0.1, -0.05) is 102 Å². The van der Waals surface area contributed by atoms with Gasteiger partial charge in [0.1, 0.15) is 16.9 Å². The zero-order chi connectivity index (χ0) is 44.2. The molecule has 6 nitrogen and oxygen atoms in total. The average Bonchev–Trinajstić information content (AvgIpc) is 3.77. The molecule has 8 aliphatic rings. The summed E-state index contributed by atoms with van der Waals surface area (Å²) in [5, 5.41) is 0. The Morgan fingerprint density at radius 2 is 1.14 bits per heavy atom. The van der Waals surface area contributed by atoms with Crippen molar-refractivity contribution in [1.29, 1.82) is 0 Å². The van der Waals surface area contributed by atoms with E-state index in [1.165, 1.54) is 63.8 Å². The van der Waals surface area contributed by atoms with Crippen LogP contribution in [0.5, 0.6) is 17.2 Å². The third-order valence-electron chi connectivity index (χ3n) is 18.2. The first kappa shape index (κ1) is 38.2. The van der Waals surface area contributed by atoms with Gasteiger partial charge in [-0.3, -0.25) is 0 Å². The van der Waals surface area contributed by atoms with Crippen molar-refractivity contribution in [1.82, 2.24) is 0 Å². The van der Waals surface area contributed by atoms with E-state index in [4.69, 9.17) is 14.2 Å². The van der Waals surface area contributed by atoms with Gasteiger partial charge in [0.2, 0.25) is 0 Å². The Kier molecular flexibility index (Phi) is 7.07. The zero-order valence-corrected chi connectivity index (χ0v) is 38.9. The van der Waals surface area contributed by atoms with Gasteiger partial charge in [0.25, 0.3) is 6.71 Å². The smallest absolute Gasteiger partial charge is 0.295 e. The van der Waals surface area contributed by atoms with Gasteiger partial charge in [0.05, 0.1) is 22.7 Å². The number of para-hydroxylation sites is 5. The Morgan fingerprint density at radius 3 is 1.91 bits per heavy atom. The lowest BCUT2D eigenvalue weighted by Crippen LogP contribution is -2.60. The highest BCUT2D eigenvalue weighted by molar-refractivity contribution is 6.95. The molecule has 0 aromatic heterocycles. The number of anilines is 7. The van der Waals surface area contributed by atoms with Crippen LogP contribution in [0.3, 0.4) is 0 Å². The summed E-state index contributed by atoms with van der Waals surface area (Å²) in [5.41, 5.74) is 16.6. The van der Waals surface area contributed by atoms with Crippen molar-refractivity contribution in [2.75, 3.05) is 14.7 Å². The van der Waals surface area contributed by atoms with Crippen molar-refractivity contribution in [2.24, 2.45) is 5.41 Å². The molecule has 6 aromatic rings. The summed E-state index contributed by atoms with van der Waals surface area (Å²) in [6.07, 6.45) is 6.79. The van der Waals surface area contributed by atoms with Gasteiger partial charge in [0.15, 0.2) is 17.1 Å². The lowest BCUT2D eigenvalue weighted by Gasteiger charge is -2.51. The standard InChI is InChI=1S/C58H56BN3O3/c1-53(2)31-32-54(3,4)40-33-35(23-25-37(40)53)60-36-24-27-41-45(34-36)61(43-19-11-14-22-48(43)63-47-21-13-10-18-42(47)60)44-28-26-39-50-49(44)59(41)52-51(55(5)29-15-16-30-56(55,6)65-52)62(50)57(7)38-17-9-12-20-46(38)64-58(39,57)8/h9-14,17-28,33-34H,15-16,29-32H2,1-8H3. The molecule has 65 heavy (non-hydrogen) atoms. The van der Waals surface area contributed by atoms with Crippen molar-refractivity contribution in [3.05, 3.63) is 155 Å². The third-order valence-corrected chi connectivity index (χ3v) is 18.2. The van der Waals surface area contributed by atoms with E-state index in [0.29, 0.717) is 0 Å². The molecule has 6 heterocycles. The fraction of sp³-hybridized carbons (Fsp3) is 0.345. The zero-order valence-electron chi connectivity index (χ0n) is 38.9. The SMILES string of the molecule is CC1(C)CCC(C)(C)c2cc(N3c4ccc5c(c4)N(c4ccccc4Oc4ccccc43)c3ccc4c6c3B5C3=C(N6C5(C)c6ccccc6OC45C)C4(C)CCCCC4(C)O3)ccc21. The number of ether oxygens (including phenoxy) is 3. The maximum Gasteiger partial charge on any atom is 0.295 e. The quantitative estimate of drug-likeness (QED) is 0.153. The second-order valence-electron chi connectivity index (χ2n) is 22.4. The predicted molar refractivity (Wildman–Crippen MR) is 264 cm³/mol. The largest absolute Gasteiger partial charge is 0.498 e. The first-order valence-electron chi connectivity index (χ1n) is 24.1. The summed E-state index contributed by atoms with van der Waals surface area (Å²) in [6.45, 7) is 19.2. The Balaban J connectivity index is 1.07. The minimum atomic E-state index is -0.641. The van der Waals surface area contributed by atoms with E-state index in [1.807, 2.05) is 0 Å². The highest BCUT2D eigenvalue weighted by Crippen LogP contribution is 2.71. The monoisotopic (exact) mass is 853 g/mol. The molecule has 0 radical (unpaired) electrons. The Labute approximate surface area is 383 Å². The highest BCUT2D eigenvalue weighted by Gasteiger charge is 2.72. The molecule has 6 aliphatic heterocycles. The molecule has 7 heteroatoms. The molecule has 1 saturated carbocycles. The molecule has 0 spiro atoms. The summed E-state index contributed by atoms with van der Waals surface area (Å²) in [6, 6.07) is 45.1. The van der Waals surface area contributed by atoms with Gasteiger partial charge in [0, 0.05) is 45.0 Å². The second kappa shape index (κ2) is 12.0. The fourth-order valence-electron chi connectivity index (χ4n) is 14.2. The van der Waals surface area contributed by atoms with E-state index < -0.39 is 11.1 Å². The Morgan fingerprint density at radius 1 is 0.508 bits per heavy atom. The molecule has 6 aromatic carbocycles. The van der Waals surface area contributed by atoms with E-state index in [1.54, 1.807) is 0 Å². The van der Waals surface area contributed by atoms with E-state index >= 15 is 0 Å². The molecule has 324 valence electrons. The van der Waals surface area contributed by atoms with Crippen LogP contribution in [0.25, 0.3) is 0 Å². The van der Waals surface area contributed by atoms with Crippen molar-refractivity contribution in [2.45, 2.75) is 121 Å². The van der Waals surface area contributed by atoms with Gasteiger partial charge < -0.3 is 28.9 Å². The van der Waals surface area contributed by atoms with Crippen LogP contribution in [-0.2, 0) is 26.7 Å². The van der Waals surface area contributed by atoms with Gasteiger partial charge in [-0.05, 0) is 146 Å². The van der Waals surface area contributed by atoms with Crippen LogP contribution < -0.4 is 35.1 Å². The number of benzene rings is 6. The first-order valence-corrected chi connectivity index (χ1v) is 24.1. The van der Waals surface area contributed by atoms with Crippen molar-refractivity contribution in [3.63, 3.8) is 0 Å². The van der Waals surface area contributed by atoms with Crippen LogP contribution in [0.1, 0.15) is 116 Å². The molecule has 0 N–H and O–H groups in total. The van der Waals surface area contributed by atoms with E-state index in [0.717, 1.165) is 76.3 Å². The fourth-order valence-corrected chi connectivity index (χ4v) is 14.2. The molecular formula is C58H56BN3O3. The average molecular weight is 854 g/mol. The maximum absolute atomic E-state index is 7.76. The third kappa shape index (κ3) is 4.44. The van der Waals surface area contributed by atoms with Gasteiger partial charge in [-0.2, -0.15) is 0 Å². The molecule has 2 aliphatic carbocycles. The topological polar surface area (TPSA) is 37.4 Å². The summed E-state index contributed by atoms with van der Waals surface area (Å²) >= 11 is 0. The molecule has 4 atom stereocenters. The van der Waals surface area contributed by atoms with Crippen LogP contribution in [0.15, 0.2) is 133 Å². The molecule has 0 saturated heterocycles. The molecule has 1 fully saturated rings. The van der Waals surface area contributed by atoms with E-state index in [9.17, 15) is 0 Å². The summed E-state index contributed by atoms with van der Waals surface area (Å²) in [4.78, 5) is 7.68. The molecule has 4 unspecified atom stereocenters. The normalized spacial score (nSPS) is 28.3. The number of rotatable bonds is 1. The van der Waals surface area contributed by atoms with Crippen molar-refractivity contribution in [3.8, 4) is 17.2 Å². The number of nitrogens with zero attached hydrogens (tertiary/aromatic N) is 3. The van der Waals surface area contributed by atoms with Crippen LogP contribution >= 0.6 is 0 Å². The van der Waals surface area contributed by atoms with Gasteiger partial charge in [-0.25, -0.2) is 0 Å². The van der Waals surface area contributed by atoms with Crippen molar-refractivity contribution < 1.29 is 14.2 Å². The van der Waals surface area contributed by atoms with Crippen LogP contribution in [0.4, 0.5) is 39.8 Å². The molecule has 14 rings (SSSR count). The number of fused-ring (bicyclic) bond motifs is 16. The molecule has 0 amide bonds. The van der Waals surface area contributed by atoms with E-state index in [2.05, 4.69) is 191 Å².